The second-order valence-corrected chi connectivity index (χ2v) is 4.87. The monoisotopic (exact) mass is 297 g/mol. The highest BCUT2D eigenvalue weighted by molar-refractivity contribution is 7.81. The van der Waals surface area contributed by atoms with Crippen molar-refractivity contribution in [1.29, 1.82) is 0 Å². The van der Waals surface area contributed by atoms with E-state index in [9.17, 15) is 9.90 Å². The predicted molar refractivity (Wildman–Crippen MR) is 89.3 cm³/mol. The largest absolute Gasteiger partial charge is 0.506 e. The highest BCUT2D eigenvalue weighted by Gasteiger charge is 2.17. The normalized spacial score (nSPS) is 11.5. The molecule has 0 fully saturated rings. The molecule has 0 amide bonds. The number of thiocarbonyl (C=S) groups is 1. The Kier molecular flexibility index (Phi) is 4.85. The zero-order chi connectivity index (χ0) is 15.2. The molecule has 3 nitrogen and oxygen atoms in total. The first-order valence-electron chi connectivity index (χ1n) is 6.45. The van der Waals surface area contributed by atoms with Gasteiger partial charge in [0.2, 0.25) is 0 Å². The fourth-order valence-electron chi connectivity index (χ4n) is 1.89. The second-order valence-electron chi connectivity index (χ2n) is 4.47. The van der Waals surface area contributed by atoms with Crippen molar-refractivity contribution in [3.8, 4) is 0 Å². The molecule has 0 aliphatic rings. The molecule has 0 aliphatic heterocycles. The first kappa shape index (κ1) is 14.9. The molecule has 2 aromatic carbocycles. The number of Topliss-reactive ketones (excluding diaryl/α,β-unsaturated/α-hetero) is 1. The molecule has 0 radical (unpaired) electrons. The van der Waals surface area contributed by atoms with Gasteiger partial charge in [0.15, 0.2) is 5.78 Å². The Balaban J connectivity index is 2.35. The van der Waals surface area contributed by atoms with Crippen LogP contribution < -0.4 is 5.32 Å². The molecule has 0 saturated heterocycles. The summed E-state index contributed by atoms with van der Waals surface area (Å²) in [6, 6.07) is 18.1. The summed E-state index contributed by atoms with van der Waals surface area (Å²) in [6.07, 6.45) is 0. The number of hydrogen-bond donors (Lipinski definition) is 2. The summed E-state index contributed by atoms with van der Waals surface area (Å²) >= 11 is 5.26. The van der Waals surface area contributed by atoms with Gasteiger partial charge in [0.05, 0.1) is 5.57 Å². The molecule has 0 spiro atoms. The van der Waals surface area contributed by atoms with E-state index in [-0.39, 0.29) is 22.1 Å². The minimum absolute atomic E-state index is 0.111. The van der Waals surface area contributed by atoms with Gasteiger partial charge in [0, 0.05) is 11.3 Å². The number of aliphatic hydroxyl groups is 1. The lowest BCUT2D eigenvalue weighted by molar-refractivity contribution is -0.113. The van der Waals surface area contributed by atoms with Crippen LogP contribution in [0.25, 0.3) is 5.76 Å². The van der Waals surface area contributed by atoms with E-state index in [4.69, 9.17) is 12.2 Å². The Hall–Kier alpha value is -2.46. The molecule has 0 aromatic heterocycles. The summed E-state index contributed by atoms with van der Waals surface area (Å²) in [5, 5.41) is 13.3. The SMILES string of the molecule is CC(=O)/C(C(=S)Nc1ccccc1)=C(\O)c1ccccc1. The Morgan fingerprint density at radius 1 is 1.00 bits per heavy atom. The van der Waals surface area contributed by atoms with Crippen LogP contribution in [0.4, 0.5) is 5.69 Å². The minimum Gasteiger partial charge on any atom is -0.506 e. The highest BCUT2D eigenvalue weighted by atomic mass is 32.1. The molecule has 0 unspecified atom stereocenters. The van der Waals surface area contributed by atoms with Gasteiger partial charge in [-0.15, -0.1) is 0 Å². The fraction of sp³-hybridized carbons (Fsp3) is 0.0588. The van der Waals surface area contributed by atoms with Crippen LogP contribution in [0, 0.1) is 0 Å². The molecule has 0 heterocycles. The van der Waals surface area contributed by atoms with Gasteiger partial charge in [-0.05, 0) is 19.1 Å². The topological polar surface area (TPSA) is 49.3 Å². The quantitative estimate of drug-likeness (QED) is 0.509. The standard InChI is InChI=1S/C17H15NO2S/c1-12(19)15(16(20)13-8-4-2-5-9-13)17(21)18-14-10-6-3-7-11-14/h2-11,20H,1H3,(H,18,21)/b16-15+. The lowest BCUT2D eigenvalue weighted by Crippen LogP contribution is -2.18. The first-order chi connectivity index (χ1) is 10.1. The van der Waals surface area contributed by atoms with Crippen LogP contribution in [0.3, 0.4) is 0 Å². The molecular weight excluding hydrogens is 282 g/mol. The fourth-order valence-corrected chi connectivity index (χ4v) is 2.25. The smallest absolute Gasteiger partial charge is 0.166 e. The number of ketones is 1. The van der Waals surface area contributed by atoms with Crippen LogP contribution in [-0.2, 0) is 4.79 Å². The van der Waals surface area contributed by atoms with Gasteiger partial charge in [0.1, 0.15) is 10.7 Å². The van der Waals surface area contributed by atoms with Gasteiger partial charge >= 0.3 is 0 Å². The van der Waals surface area contributed by atoms with Crippen molar-refractivity contribution in [3.05, 3.63) is 71.8 Å². The first-order valence-corrected chi connectivity index (χ1v) is 6.86. The summed E-state index contributed by atoms with van der Waals surface area (Å²) in [5.74, 6) is -0.402. The summed E-state index contributed by atoms with van der Waals surface area (Å²) < 4.78 is 0. The van der Waals surface area contributed by atoms with E-state index in [1.165, 1.54) is 6.92 Å². The maximum atomic E-state index is 11.8. The number of hydrogen-bond acceptors (Lipinski definition) is 3. The van der Waals surface area contributed by atoms with Gasteiger partial charge in [0.25, 0.3) is 0 Å². The summed E-state index contributed by atoms with van der Waals surface area (Å²) in [5.41, 5.74) is 1.43. The van der Waals surface area contributed by atoms with Gasteiger partial charge in [-0.1, -0.05) is 60.7 Å². The summed E-state index contributed by atoms with van der Waals surface area (Å²) in [4.78, 5) is 12.0. The number of benzene rings is 2. The molecule has 2 N–H and O–H groups in total. The summed E-state index contributed by atoms with van der Waals surface area (Å²) in [7, 11) is 0. The van der Waals surface area contributed by atoms with Crippen LogP contribution in [0.5, 0.6) is 0 Å². The average molecular weight is 297 g/mol. The average Bonchev–Trinajstić information content (AvgIpc) is 2.49. The van der Waals surface area contributed by atoms with E-state index < -0.39 is 0 Å². The molecule has 0 saturated carbocycles. The maximum absolute atomic E-state index is 11.8. The number of rotatable bonds is 4. The molecule has 0 atom stereocenters. The number of aliphatic hydroxyl groups excluding tert-OH is 1. The third-order valence-electron chi connectivity index (χ3n) is 2.89. The van der Waals surface area contributed by atoms with Crippen molar-refractivity contribution in [2.75, 3.05) is 5.32 Å². The van der Waals surface area contributed by atoms with Gasteiger partial charge in [-0.3, -0.25) is 4.79 Å². The van der Waals surface area contributed by atoms with Gasteiger partial charge in [-0.25, -0.2) is 0 Å². The lowest BCUT2D eigenvalue weighted by atomic mass is 10.1. The highest BCUT2D eigenvalue weighted by Crippen LogP contribution is 2.19. The van der Waals surface area contributed by atoms with Crippen LogP contribution in [0.15, 0.2) is 66.2 Å². The molecule has 106 valence electrons. The number of carbonyl (C=O) groups is 1. The van der Waals surface area contributed by atoms with E-state index in [2.05, 4.69) is 5.32 Å². The van der Waals surface area contributed by atoms with Crippen molar-refractivity contribution < 1.29 is 9.90 Å². The Morgan fingerprint density at radius 2 is 1.52 bits per heavy atom. The van der Waals surface area contributed by atoms with E-state index in [1.807, 2.05) is 36.4 Å². The van der Waals surface area contributed by atoms with E-state index >= 15 is 0 Å². The molecule has 2 rings (SSSR count). The van der Waals surface area contributed by atoms with Gasteiger partial charge in [-0.2, -0.15) is 0 Å². The molecule has 4 heteroatoms. The molecule has 0 aliphatic carbocycles. The molecule has 2 aromatic rings. The lowest BCUT2D eigenvalue weighted by Gasteiger charge is -2.12. The van der Waals surface area contributed by atoms with Crippen molar-refractivity contribution in [2.45, 2.75) is 6.92 Å². The van der Waals surface area contributed by atoms with Gasteiger partial charge < -0.3 is 10.4 Å². The van der Waals surface area contributed by atoms with Crippen molar-refractivity contribution in [2.24, 2.45) is 0 Å². The zero-order valence-electron chi connectivity index (χ0n) is 11.5. The minimum atomic E-state index is -0.287. The van der Waals surface area contributed by atoms with Crippen molar-refractivity contribution >= 4 is 34.4 Å². The molecule has 21 heavy (non-hydrogen) atoms. The second kappa shape index (κ2) is 6.81. The van der Waals surface area contributed by atoms with E-state index in [1.54, 1.807) is 24.3 Å². The van der Waals surface area contributed by atoms with E-state index in [0.29, 0.717) is 5.56 Å². The van der Waals surface area contributed by atoms with Crippen molar-refractivity contribution in [3.63, 3.8) is 0 Å². The van der Waals surface area contributed by atoms with Crippen LogP contribution in [-0.4, -0.2) is 15.9 Å². The maximum Gasteiger partial charge on any atom is 0.166 e. The van der Waals surface area contributed by atoms with E-state index in [0.717, 1.165) is 5.69 Å². The van der Waals surface area contributed by atoms with Crippen LogP contribution >= 0.6 is 12.2 Å². The van der Waals surface area contributed by atoms with Crippen LogP contribution in [0.2, 0.25) is 0 Å². The third kappa shape index (κ3) is 3.77. The Labute approximate surface area is 128 Å². The Morgan fingerprint density at radius 3 is 2.05 bits per heavy atom. The number of nitrogens with one attached hydrogen (secondary N) is 1. The molecular formula is C17H15NO2S. The number of para-hydroxylation sites is 1. The summed E-state index contributed by atoms with van der Waals surface area (Å²) in [6.45, 7) is 1.38. The Bertz CT molecular complexity index is 678. The third-order valence-corrected chi connectivity index (χ3v) is 3.20. The van der Waals surface area contributed by atoms with Crippen molar-refractivity contribution in [1.82, 2.24) is 0 Å². The zero-order valence-corrected chi connectivity index (χ0v) is 12.4. The molecule has 0 bridgehead atoms. The number of anilines is 1. The predicted octanol–water partition coefficient (Wildman–Crippen LogP) is 3.98. The van der Waals surface area contributed by atoms with Crippen LogP contribution in [0.1, 0.15) is 12.5 Å². The number of carbonyl (C=O) groups excluding carboxylic acids is 1.